The van der Waals surface area contributed by atoms with Gasteiger partial charge in [0.25, 0.3) is 0 Å². The molecule has 0 bridgehead atoms. The van der Waals surface area contributed by atoms with E-state index in [0.29, 0.717) is 17.9 Å². The summed E-state index contributed by atoms with van der Waals surface area (Å²) in [5.74, 6) is 1.05. The first-order chi connectivity index (χ1) is 10.2. The van der Waals surface area contributed by atoms with Gasteiger partial charge in [0.1, 0.15) is 0 Å². The van der Waals surface area contributed by atoms with Crippen LogP contribution >= 0.6 is 0 Å². The van der Waals surface area contributed by atoms with Crippen LogP contribution in [-0.4, -0.2) is 51.9 Å². The minimum Gasteiger partial charge on any atom is -0.481 e. The van der Waals surface area contributed by atoms with Crippen molar-refractivity contribution in [3.05, 3.63) is 24.7 Å². The first-order valence-electron chi connectivity index (χ1n) is 7.11. The van der Waals surface area contributed by atoms with Crippen LogP contribution in [0.25, 0.3) is 0 Å². The monoisotopic (exact) mass is 288 g/mol. The van der Waals surface area contributed by atoms with E-state index in [1.54, 1.807) is 25.6 Å². The molecule has 0 saturated carbocycles. The molecule has 0 amide bonds. The van der Waals surface area contributed by atoms with Crippen molar-refractivity contribution in [1.29, 1.82) is 0 Å². The Labute approximate surface area is 124 Å². The van der Waals surface area contributed by atoms with Crippen LogP contribution in [0.15, 0.2) is 24.7 Å². The van der Waals surface area contributed by atoms with Crippen molar-refractivity contribution in [2.24, 2.45) is 0 Å². The van der Waals surface area contributed by atoms with Gasteiger partial charge in [0.2, 0.25) is 11.8 Å². The van der Waals surface area contributed by atoms with Crippen LogP contribution < -0.4 is 10.1 Å². The second-order valence-electron chi connectivity index (χ2n) is 5.29. The first-order valence-corrected chi connectivity index (χ1v) is 7.11. The van der Waals surface area contributed by atoms with E-state index >= 15 is 0 Å². The second-order valence-corrected chi connectivity index (χ2v) is 5.29. The van der Waals surface area contributed by atoms with Crippen LogP contribution in [0.2, 0.25) is 0 Å². The van der Waals surface area contributed by atoms with Gasteiger partial charge in [-0.15, -0.1) is 0 Å². The third kappa shape index (κ3) is 3.30. The highest BCUT2D eigenvalue weighted by Gasteiger charge is 2.18. The van der Waals surface area contributed by atoms with Gasteiger partial charge >= 0.3 is 0 Å². The fraction of sp³-hybridized carbons (Fsp3) is 0.500. The molecule has 1 aliphatic rings. The molecule has 0 unspecified atom stereocenters. The number of hydrogen-bond donors (Lipinski definition) is 1. The quantitative estimate of drug-likeness (QED) is 0.923. The van der Waals surface area contributed by atoms with Gasteiger partial charge in [0.05, 0.1) is 25.0 Å². The van der Waals surface area contributed by atoms with Gasteiger partial charge in [-0.2, -0.15) is 10.1 Å². The highest BCUT2D eigenvalue weighted by Crippen LogP contribution is 2.23. The Morgan fingerprint density at radius 3 is 2.90 bits per heavy atom. The molecule has 3 rings (SSSR count). The molecule has 3 heterocycles. The summed E-state index contributed by atoms with van der Waals surface area (Å²) in [7, 11) is 3.75. The van der Waals surface area contributed by atoms with Crippen molar-refractivity contribution >= 4 is 11.6 Å². The minimum atomic E-state index is 0.475. The van der Waals surface area contributed by atoms with E-state index in [0.717, 1.165) is 31.6 Å². The van der Waals surface area contributed by atoms with E-state index in [1.807, 2.05) is 10.9 Å². The highest BCUT2D eigenvalue weighted by atomic mass is 16.5. The van der Waals surface area contributed by atoms with E-state index in [-0.39, 0.29) is 0 Å². The number of rotatable bonds is 4. The second kappa shape index (κ2) is 6.09. The molecular formula is C14H20N6O. The molecule has 7 heteroatoms. The number of anilines is 2. The predicted molar refractivity (Wildman–Crippen MR) is 79.9 cm³/mol. The van der Waals surface area contributed by atoms with Crippen LogP contribution in [0.1, 0.15) is 18.9 Å². The Bertz CT molecular complexity index is 591. The lowest BCUT2D eigenvalue weighted by atomic mass is 10.1. The van der Waals surface area contributed by atoms with E-state index in [4.69, 9.17) is 4.74 Å². The van der Waals surface area contributed by atoms with Crippen LogP contribution in [-0.2, 0) is 0 Å². The van der Waals surface area contributed by atoms with Crippen LogP contribution in [0.4, 0.5) is 11.6 Å². The summed E-state index contributed by atoms with van der Waals surface area (Å²) in [6.07, 6.45) is 7.75. The van der Waals surface area contributed by atoms with E-state index in [2.05, 4.69) is 32.3 Å². The van der Waals surface area contributed by atoms with E-state index < -0.39 is 0 Å². The molecular weight excluding hydrogens is 268 g/mol. The molecule has 0 spiro atoms. The zero-order valence-corrected chi connectivity index (χ0v) is 12.4. The Kier molecular flexibility index (Phi) is 4.01. The van der Waals surface area contributed by atoms with E-state index in [1.165, 1.54) is 0 Å². The summed E-state index contributed by atoms with van der Waals surface area (Å²) >= 11 is 0. The fourth-order valence-corrected chi connectivity index (χ4v) is 2.51. The number of methoxy groups -OCH3 is 1. The molecule has 1 N–H and O–H groups in total. The highest BCUT2D eigenvalue weighted by molar-refractivity contribution is 5.50. The number of nitrogens with one attached hydrogen (secondary N) is 1. The van der Waals surface area contributed by atoms with E-state index in [9.17, 15) is 0 Å². The number of nitrogens with zero attached hydrogens (tertiary/aromatic N) is 5. The van der Waals surface area contributed by atoms with Crippen molar-refractivity contribution in [1.82, 2.24) is 24.6 Å². The van der Waals surface area contributed by atoms with Crippen LogP contribution in [0.5, 0.6) is 5.88 Å². The normalized spacial score (nSPS) is 16.9. The lowest BCUT2D eigenvalue weighted by Gasteiger charge is -2.28. The summed E-state index contributed by atoms with van der Waals surface area (Å²) in [5, 5.41) is 7.60. The number of piperidine rings is 1. The summed E-state index contributed by atoms with van der Waals surface area (Å²) < 4.78 is 7.12. The Morgan fingerprint density at radius 2 is 2.14 bits per heavy atom. The van der Waals surface area contributed by atoms with Crippen molar-refractivity contribution in [2.75, 3.05) is 32.6 Å². The Morgan fingerprint density at radius 1 is 1.33 bits per heavy atom. The third-order valence-corrected chi connectivity index (χ3v) is 3.76. The number of ether oxygens (including phenoxy) is 1. The zero-order chi connectivity index (χ0) is 14.7. The van der Waals surface area contributed by atoms with Gasteiger partial charge in [-0.05, 0) is 33.0 Å². The topological polar surface area (TPSA) is 68.1 Å². The number of aromatic nitrogens is 4. The number of likely N-dealkylation sites (tertiary alicyclic amines) is 1. The van der Waals surface area contributed by atoms with Crippen molar-refractivity contribution in [3.63, 3.8) is 0 Å². The summed E-state index contributed by atoms with van der Waals surface area (Å²) in [6.45, 7) is 2.23. The predicted octanol–water partition coefficient (Wildman–Crippen LogP) is 1.69. The number of hydrogen-bond acceptors (Lipinski definition) is 6. The molecule has 0 atom stereocenters. The molecule has 21 heavy (non-hydrogen) atoms. The maximum atomic E-state index is 5.09. The van der Waals surface area contributed by atoms with Gasteiger partial charge in [-0.1, -0.05) is 0 Å². The molecule has 0 aromatic carbocycles. The molecule has 1 saturated heterocycles. The van der Waals surface area contributed by atoms with Gasteiger partial charge in [0.15, 0.2) is 0 Å². The van der Waals surface area contributed by atoms with Gasteiger partial charge < -0.3 is 15.0 Å². The smallest absolute Gasteiger partial charge is 0.230 e. The first kappa shape index (κ1) is 13.8. The SMILES string of the molecule is COc1ccnc(Nc2cnn(C3CCN(C)CC3)c2)n1. The molecule has 1 aliphatic heterocycles. The average Bonchev–Trinajstić information content (AvgIpc) is 2.96. The van der Waals surface area contributed by atoms with Crippen molar-refractivity contribution in [2.45, 2.75) is 18.9 Å². The average molecular weight is 288 g/mol. The maximum absolute atomic E-state index is 5.09. The third-order valence-electron chi connectivity index (χ3n) is 3.76. The van der Waals surface area contributed by atoms with Gasteiger partial charge in [-0.3, -0.25) is 4.68 Å². The molecule has 2 aromatic heterocycles. The lowest BCUT2D eigenvalue weighted by Crippen LogP contribution is -2.31. The fourth-order valence-electron chi connectivity index (χ4n) is 2.51. The summed E-state index contributed by atoms with van der Waals surface area (Å²) in [6, 6.07) is 2.19. The van der Waals surface area contributed by atoms with Crippen LogP contribution in [0.3, 0.4) is 0 Å². The summed E-state index contributed by atoms with van der Waals surface area (Å²) in [4.78, 5) is 10.7. The van der Waals surface area contributed by atoms with Gasteiger partial charge in [-0.25, -0.2) is 4.98 Å². The minimum absolute atomic E-state index is 0.475. The van der Waals surface area contributed by atoms with Gasteiger partial charge in [0, 0.05) is 18.5 Å². The largest absolute Gasteiger partial charge is 0.481 e. The zero-order valence-electron chi connectivity index (χ0n) is 12.4. The van der Waals surface area contributed by atoms with Crippen molar-refractivity contribution < 1.29 is 4.74 Å². The molecule has 1 fully saturated rings. The molecule has 7 nitrogen and oxygen atoms in total. The molecule has 112 valence electrons. The maximum Gasteiger partial charge on any atom is 0.230 e. The summed E-state index contributed by atoms with van der Waals surface area (Å²) in [5.41, 5.74) is 0.891. The van der Waals surface area contributed by atoms with Crippen molar-refractivity contribution in [3.8, 4) is 5.88 Å². The Balaban J connectivity index is 1.67. The molecule has 0 aliphatic carbocycles. The standard InChI is InChI=1S/C14H20N6O/c1-19-7-4-12(5-8-19)20-10-11(9-16-20)17-14-15-6-3-13(18-14)21-2/h3,6,9-10,12H,4-5,7-8H2,1-2H3,(H,15,17,18). The lowest BCUT2D eigenvalue weighted by molar-refractivity contribution is 0.212. The Hall–Kier alpha value is -2.15. The van der Waals surface area contributed by atoms with Crippen LogP contribution in [0, 0.1) is 0 Å². The molecule has 0 radical (unpaired) electrons. The molecule has 2 aromatic rings.